The normalized spacial score (nSPS) is 19.7. The van der Waals surface area contributed by atoms with Crippen molar-refractivity contribution >= 4 is 49.8 Å². The van der Waals surface area contributed by atoms with Gasteiger partial charge in [-0.25, -0.2) is 12.8 Å². The molecule has 0 amide bonds. The van der Waals surface area contributed by atoms with Gasteiger partial charge in [-0.3, -0.25) is 4.72 Å². The number of anilines is 1. The highest BCUT2D eigenvalue weighted by Crippen LogP contribution is 2.36. The van der Waals surface area contributed by atoms with Gasteiger partial charge >= 0.3 is 0 Å². The third-order valence-electron chi connectivity index (χ3n) is 5.21. The van der Waals surface area contributed by atoms with Gasteiger partial charge in [0, 0.05) is 17.6 Å². The van der Waals surface area contributed by atoms with Crippen molar-refractivity contribution < 1.29 is 17.5 Å². The molecular formula is C20H20Cl2FN3O3S. The molecule has 10 heteroatoms. The Kier molecular flexibility index (Phi) is 5.85. The number of nitrogens with one attached hydrogen (secondary N) is 2. The molecule has 6 nitrogen and oxygen atoms in total. The number of sulfonamides is 1. The third-order valence-corrected chi connectivity index (χ3v) is 7.21. The zero-order chi connectivity index (χ0) is 21.5. The molecule has 0 spiro atoms. The maximum absolute atomic E-state index is 15.1. The van der Waals surface area contributed by atoms with Crippen molar-refractivity contribution in [1.82, 2.24) is 4.98 Å². The summed E-state index contributed by atoms with van der Waals surface area (Å²) in [4.78, 5) is 2.38. The first-order valence-electron chi connectivity index (χ1n) is 9.45. The number of hydrogen-bond donors (Lipinski definition) is 3. The Morgan fingerprint density at radius 1 is 1.10 bits per heavy atom. The van der Waals surface area contributed by atoms with Crippen molar-refractivity contribution in [3.05, 3.63) is 52.4 Å². The number of aromatic amines is 1. The van der Waals surface area contributed by atoms with Crippen LogP contribution < -0.4 is 15.2 Å². The number of aromatic nitrogens is 1. The van der Waals surface area contributed by atoms with E-state index in [1.54, 1.807) is 0 Å². The number of hydrogen-bond acceptors (Lipinski definition) is 4. The average molecular weight is 472 g/mol. The first-order valence-corrected chi connectivity index (χ1v) is 11.7. The summed E-state index contributed by atoms with van der Waals surface area (Å²) >= 11 is 12.3. The molecule has 4 N–H and O–H groups in total. The molecule has 160 valence electrons. The Hall–Kier alpha value is -2.00. The van der Waals surface area contributed by atoms with E-state index in [2.05, 4.69) is 9.71 Å². The summed E-state index contributed by atoms with van der Waals surface area (Å²) in [5.74, 6) is -1.03. The molecule has 1 aliphatic rings. The summed E-state index contributed by atoms with van der Waals surface area (Å²) in [6, 6.07) is 7.20. The van der Waals surface area contributed by atoms with Crippen LogP contribution in [-0.2, 0) is 10.0 Å². The molecule has 30 heavy (non-hydrogen) atoms. The van der Waals surface area contributed by atoms with Crippen molar-refractivity contribution in [3.8, 4) is 5.75 Å². The van der Waals surface area contributed by atoms with Crippen LogP contribution in [0.15, 0.2) is 41.4 Å². The highest BCUT2D eigenvalue weighted by Gasteiger charge is 2.26. The Balaban J connectivity index is 1.63. The highest BCUT2D eigenvalue weighted by atomic mass is 35.5. The molecule has 0 saturated heterocycles. The molecule has 3 aromatic rings. The molecule has 1 heterocycles. The summed E-state index contributed by atoms with van der Waals surface area (Å²) in [5, 5.41) is 1.20. The minimum absolute atomic E-state index is 0.0949. The van der Waals surface area contributed by atoms with Crippen molar-refractivity contribution in [2.24, 2.45) is 5.73 Å². The number of benzene rings is 2. The van der Waals surface area contributed by atoms with E-state index in [-0.39, 0.29) is 23.6 Å². The van der Waals surface area contributed by atoms with Crippen LogP contribution >= 0.6 is 23.2 Å². The molecule has 2 aromatic carbocycles. The van der Waals surface area contributed by atoms with Gasteiger partial charge in [0.2, 0.25) is 0 Å². The number of halogens is 3. The van der Waals surface area contributed by atoms with Crippen molar-refractivity contribution in [1.29, 1.82) is 0 Å². The quantitative estimate of drug-likeness (QED) is 0.484. The molecule has 0 aliphatic heterocycles. The van der Waals surface area contributed by atoms with Gasteiger partial charge in [0.05, 0.1) is 27.4 Å². The SMILES string of the molecule is NC1CCC(Oc2cccc(S(=O)(=O)Nc3ccc(Cl)c4c(Cl)c[nH]c34)c2F)CC1. The lowest BCUT2D eigenvalue weighted by molar-refractivity contribution is 0.140. The summed E-state index contributed by atoms with van der Waals surface area (Å²) in [6.07, 6.45) is 4.29. The van der Waals surface area contributed by atoms with Crippen LogP contribution in [0, 0.1) is 5.82 Å². The minimum atomic E-state index is -4.24. The molecule has 1 fully saturated rings. The Bertz CT molecular complexity index is 1190. The number of rotatable bonds is 5. The molecule has 0 radical (unpaired) electrons. The Labute approximate surface area is 183 Å². The summed E-state index contributed by atoms with van der Waals surface area (Å²) in [6.45, 7) is 0. The Morgan fingerprint density at radius 3 is 2.57 bits per heavy atom. The summed E-state index contributed by atoms with van der Waals surface area (Å²) < 4.78 is 49.1. The standard InChI is InChI=1S/C20H20Cl2FN3O3S/c21-13-8-9-15(20-18(13)14(22)10-25-20)26-30(27,28)17-3-1-2-16(19(17)23)29-12-6-4-11(24)5-7-12/h1-3,8-12,25-26H,4-7,24H2. The van der Waals surface area contributed by atoms with E-state index < -0.39 is 20.7 Å². The summed E-state index contributed by atoms with van der Waals surface area (Å²) in [5.41, 5.74) is 6.50. The van der Waals surface area contributed by atoms with Crippen LogP contribution in [0.5, 0.6) is 5.75 Å². The molecule has 0 bridgehead atoms. The Morgan fingerprint density at radius 2 is 1.83 bits per heavy atom. The number of fused-ring (bicyclic) bond motifs is 1. The smallest absolute Gasteiger partial charge is 0.265 e. The van der Waals surface area contributed by atoms with Crippen LogP contribution in [0.4, 0.5) is 10.1 Å². The fourth-order valence-electron chi connectivity index (χ4n) is 3.63. The van der Waals surface area contributed by atoms with Crippen molar-refractivity contribution in [3.63, 3.8) is 0 Å². The van der Waals surface area contributed by atoms with Gasteiger partial charge in [0.1, 0.15) is 4.90 Å². The van der Waals surface area contributed by atoms with E-state index >= 15 is 4.39 Å². The molecule has 4 rings (SSSR count). The fraction of sp³-hybridized carbons (Fsp3) is 0.300. The van der Waals surface area contributed by atoms with E-state index in [4.69, 9.17) is 33.7 Å². The van der Waals surface area contributed by atoms with Gasteiger partial charge < -0.3 is 15.5 Å². The first-order chi connectivity index (χ1) is 14.3. The summed E-state index contributed by atoms with van der Waals surface area (Å²) in [7, 11) is -4.24. The third kappa shape index (κ3) is 4.09. The lowest BCUT2D eigenvalue weighted by Crippen LogP contribution is -2.31. The van der Waals surface area contributed by atoms with Gasteiger partial charge in [-0.15, -0.1) is 0 Å². The van der Waals surface area contributed by atoms with Crippen LogP contribution in [0.25, 0.3) is 10.9 Å². The van der Waals surface area contributed by atoms with E-state index in [1.165, 1.54) is 36.5 Å². The zero-order valence-corrected chi connectivity index (χ0v) is 18.1. The topological polar surface area (TPSA) is 97.2 Å². The van der Waals surface area contributed by atoms with Gasteiger partial charge in [0.25, 0.3) is 10.0 Å². The van der Waals surface area contributed by atoms with Gasteiger partial charge in [-0.1, -0.05) is 29.3 Å². The lowest BCUT2D eigenvalue weighted by Gasteiger charge is -2.27. The van der Waals surface area contributed by atoms with E-state index in [1.807, 2.05) is 0 Å². The van der Waals surface area contributed by atoms with Crippen LogP contribution in [-0.4, -0.2) is 25.5 Å². The second-order valence-corrected chi connectivity index (χ2v) is 9.78. The van der Waals surface area contributed by atoms with Crippen molar-refractivity contribution in [2.45, 2.75) is 42.7 Å². The second-order valence-electron chi connectivity index (χ2n) is 7.31. The van der Waals surface area contributed by atoms with Gasteiger partial charge in [0.15, 0.2) is 11.6 Å². The molecule has 1 aromatic heterocycles. The van der Waals surface area contributed by atoms with E-state index in [0.717, 1.165) is 12.8 Å². The minimum Gasteiger partial charge on any atom is -0.487 e. The monoisotopic (exact) mass is 471 g/mol. The maximum Gasteiger partial charge on any atom is 0.265 e. The predicted molar refractivity (Wildman–Crippen MR) is 116 cm³/mol. The number of H-pyrrole nitrogens is 1. The largest absolute Gasteiger partial charge is 0.487 e. The van der Waals surface area contributed by atoms with Crippen LogP contribution in [0.1, 0.15) is 25.7 Å². The first kappa shape index (κ1) is 21.2. The van der Waals surface area contributed by atoms with Gasteiger partial charge in [-0.05, 0) is 49.9 Å². The number of nitrogens with two attached hydrogens (primary N) is 1. The molecule has 1 saturated carbocycles. The lowest BCUT2D eigenvalue weighted by atomic mass is 9.94. The second kappa shape index (κ2) is 8.26. The van der Waals surface area contributed by atoms with E-state index in [0.29, 0.717) is 33.8 Å². The van der Waals surface area contributed by atoms with E-state index in [9.17, 15) is 8.42 Å². The van der Waals surface area contributed by atoms with Crippen LogP contribution in [0.2, 0.25) is 10.0 Å². The molecule has 1 aliphatic carbocycles. The number of ether oxygens (including phenoxy) is 1. The van der Waals surface area contributed by atoms with Crippen LogP contribution in [0.3, 0.4) is 0 Å². The molecular weight excluding hydrogens is 452 g/mol. The van der Waals surface area contributed by atoms with Crippen molar-refractivity contribution in [2.75, 3.05) is 4.72 Å². The fourth-order valence-corrected chi connectivity index (χ4v) is 5.35. The van der Waals surface area contributed by atoms with Gasteiger partial charge in [-0.2, -0.15) is 0 Å². The average Bonchev–Trinajstić information content (AvgIpc) is 3.10. The molecule has 0 unspecified atom stereocenters. The maximum atomic E-state index is 15.1. The molecule has 0 atom stereocenters. The predicted octanol–water partition coefficient (Wildman–Crippen LogP) is 5.06. The zero-order valence-electron chi connectivity index (χ0n) is 15.8. The highest BCUT2D eigenvalue weighted by molar-refractivity contribution is 7.92.